The highest BCUT2D eigenvalue weighted by Crippen LogP contribution is 2.28. The number of nitrogens with one attached hydrogen (secondary N) is 1. The number of aromatic nitrogens is 2. The summed E-state index contributed by atoms with van der Waals surface area (Å²) in [6, 6.07) is 8.53. The number of carbonyl (C=O) groups excluding carboxylic acids is 1. The van der Waals surface area contributed by atoms with Crippen molar-refractivity contribution >= 4 is 16.9 Å². The van der Waals surface area contributed by atoms with Crippen LogP contribution >= 0.6 is 0 Å². The van der Waals surface area contributed by atoms with Crippen molar-refractivity contribution in [3.05, 3.63) is 30.1 Å². The summed E-state index contributed by atoms with van der Waals surface area (Å²) in [6.45, 7) is 1.96. The van der Waals surface area contributed by atoms with Crippen molar-refractivity contribution in [1.82, 2.24) is 14.9 Å². The fraction of sp³-hybridized carbons (Fsp3) is 0.652. The molecule has 5 heteroatoms. The molecule has 1 N–H and O–H groups in total. The molecule has 0 atom stereocenters. The van der Waals surface area contributed by atoms with Gasteiger partial charge in [0.1, 0.15) is 12.4 Å². The molecule has 0 spiro atoms. The van der Waals surface area contributed by atoms with E-state index in [1.54, 1.807) is 7.11 Å². The molecule has 0 bridgehead atoms. The van der Waals surface area contributed by atoms with Crippen LogP contribution in [0, 0.1) is 5.92 Å². The summed E-state index contributed by atoms with van der Waals surface area (Å²) in [4.78, 5) is 16.3. The van der Waals surface area contributed by atoms with Crippen LogP contribution in [-0.4, -0.2) is 35.7 Å². The molecule has 1 aromatic heterocycles. The number of ether oxygens (including phenoxy) is 1. The number of amides is 1. The zero-order valence-electron chi connectivity index (χ0n) is 17.3. The Balaban J connectivity index is 1.51. The van der Waals surface area contributed by atoms with Crippen LogP contribution in [0.15, 0.2) is 24.3 Å². The number of para-hydroxylation sites is 2. The van der Waals surface area contributed by atoms with Gasteiger partial charge in [-0.25, -0.2) is 4.98 Å². The molecule has 0 saturated heterocycles. The highest BCUT2D eigenvalue weighted by atomic mass is 16.5. The maximum absolute atomic E-state index is 11.4. The van der Waals surface area contributed by atoms with Gasteiger partial charge in [0.15, 0.2) is 0 Å². The van der Waals surface area contributed by atoms with Gasteiger partial charge in [0, 0.05) is 26.6 Å². The van der Waals surface area contributed by atoms with Crippen LogP contribution in [0.2, 0.25) is 0 Å². The minimum atomic E-state index is -0.0352. The highest BCUT2D eigenvalue weighted by Gasteiger charge is 2.16. The number of rotatable bonds is 11. The molecule has 1 saturated carbocycles. The Morgan fingerprint density at radius 1 is 1.18 bits per heavy atom. The molecular formula is C23H35N3O2. The van der Waals surface area contributed by atoms with Gasteiger partial charge in [-0.05, 0) is 37.3 Å². The standard InChI is InChI=1S/C23H35N3O2/c1-28-18-23(27)24-16-9-3-6-14-22-25-20-12-7-8-13-21(20)26(22)17-15-19-10-4-2-5-11-19/h7-8,12-13,19H,2-6,9-11,14-18H2,1H3,(H,24,27). The number of nitrogens with zero attached hydrogens (tertiary/aromatic N) is 2. The molecule has 2 aromatic rings. The SMILES string of the molecule is COCC(=O)NCCCCCc1nc2ccccc2n1CCC1CCCCC1. The lowest BCUT2D eigenvalue weighted by Gasteiger charge is -2.22. The molecule has 0 unspecified atom stereocenters. The number of hydrogen-bond acceptors (Lipinski definition) is 3. The fourth-order valence-electron chi connectivity index (χ4n) is 4.35. The first-order valence-electron chi connectivity index (χ1n) is 11.0. The molecular weight excluding hydrogens is 350 g/mol. The monoisotopic (exact) mass is 385 g/mol. The van der Waals surface area contributed by atoms with Gasteiger partial charge in [-0.3, -0.25) is 4.79 Å². The molecule has 0 aliphatic heterocycles. The largest absolute Gasteiger partial charge is 0.375 e. The number of imidazole rings is 1. The van der Waals surface area contributed by atoms with Crippen molar-refractivity contribution in [2.75, 3.05) is 20.3 Å². The topological polar surface area (TPSA) is 56.1 Å². The van der Waals surface area contributed by atoms with E-state index in [0.29, 0.717) is 0 Å². The maximum atomic E-state index is 11.4. The Morgan fingerprint density at radius 3 is 2.82 bits per heavy atom. The normalized spacial score (nSPS) is 15.2. The van der Waals surface area contributed by atoms with Crippen molar-refractivity contribution in [2.45, 2.75) is 70.8 Å². The first-order chi connectivity index (χ1) is 13.8. The first kappa shape index (κ1) is 20.8. The van der Waals surface area contributed by atoms with Crippen LogP contribution in [-0.2, 0) is 22.5 Å². The number of carbonyl (C=O) groups is 1. The molecule has 1 fully saturated rings. The second-order valence-corrected chi connectivity index (χ2v) is 8.05. The molecule has 5 nitrogen and oxygen atoms in total. The Labute approximate surface area is 168 Å². The molecule has 154 valence electrons. The van der Waals surface area contributed by atoms with Gasteiger partial charge in [0.05, 0.1) is 11.0 Å². The molecule has 3 rings (SSSR count). The van der Waals surface area contributed by atoms with Crippen LogP contribution in [0.4, 0.5) is 0 Å². The van der Waals surface area contributed by atoms with Gasteiger partial charge in [-0.1, -0.05) is 50.7 Å². The van der Waals surface area contributed by atoms with Crippen LogP contribution < -0.4 is 5.32 Å². The lowest BCUT2D eigenvalue weighted by atomic mass is 9.87. The lowest BCUT2D eigenvalue weighted by molar-refractivity contribution is -0.124. The predicted molar refractivity (Wildman–Crippen MR) is 113 cm³/mol. The predicted octanol–water partition coefficient (Wildman–Crippen LogP) is 4.48. The van der Waals surface area contributed by atoms with E-state index >= 15 is 0 Å². The summed E-state index contributed by atoms with van der Waals surface area (Å²) in [6.07, 6.45) is 12.5. The number of fused-ring (bicyclic) bond motifs is 1. The average Bonchev–Trinajstić information content (AvgIpc) is 3.07. The van der Waals surface area contributed by atoms with Crippen LogP contribution in [0.5, 0.6) is 0 Å². The quantitative estimate of drug-likeness (QED) is 0.580. The fourth-order valence-corrected chi connectivity index (χ4v) is 4.35. The van der Waals surface area contributed by atoms with Gasteiger partial charge in [0.2, 0.25) is 5.91 Å². The first-order valence-corrected chi connectivity index (χ1v) is 11.0. The van der Waals surface area contributed by atoms with Gasteiger partial charge in [-0.15, -0.1) is 0 Å². The molecule has 28 heavy (non-hydrogen) atoms. The lowest BCUT2D eigenvalue weighted by Crippen LogP contribution is -2.27. The zero-order valence-corrected chi connectivity index (χ0v) is 17.3. The molecule has 0 radical (unpaired) electrons. The average molecular weight is 386 g/mol. The third-order valence-corrected chi connectivity index (χ3v) is 5.89. The van der Waals surface area contributed by atoms with Gasteiger partial charge >= 0.3 is 0 Å². The Morgan fingerprint density at radius 2 is 2.00 bits per heavy atom. The van der Waals surface area contributed by atoms with Crippen molar-refractivity contribution in [3.63, 3.8) is 0 Å². The second-order valence-electron chi connectivity index (χ2n) is 8.05. The summed E-state index contributed by atoms with van der Waals surface area (Å²) in [5.74, 6) is 2.07. The van der Waals surface area contributed by atoms with E-state index in [4.69, 9.17) is 9.72 Å². The minimum Gasteiger partial charge on any atom is -0.375 e. The summed E-state index contributed by atoms with van der Waals surface area (Å²) in [5.41, 5.74) is 2.40. The van der Waals surface area contributed by atoms with Crippen LogP contribution in [0.1, 0.15) is 63.6 Å². The summed E-state index contributed by atoms with van der Waals surface area (Å²) >= 11 is 0. The Hall–Kier alpha value is -1.88. The van der Waals surface area contributed by atoms with E-state index in [2.05, 4.69) is 34.1 Å². The second kappa shape index (κ2) is 11.2. The summed E-state index contributed by atoms with van der Waals surface area (Å²) < 4.78 is 7.29. The van der Waals surface area contributed by atoms with Gasteiger partial charge < -0.3 is 14.6 Å². The van der Waals surface area contributed by atoms with E-state index in [1.807, 2.05) is 0 Å². The summed E-state index contributed by atoms with van der Waals surface area (Å²) in [7, 11) is 1.54. The molecule has 1 amide bonds. The van der Waals surface area contributed by atoms with Gasteiger partial charge in [-0.2, -0.15) is 0 Å². The number of methoxy groups -OCH3 is 1. The third-order valence-electron chi connectivity index (χ3n) is 5.89. The van der Waals surface area contributed by atoms with E-state index < -0.39 is 0 Å². The molecule has 1 aliphatic carbocycles. The van der Waals surface area contributed by atoms with E-state index in [0.717, 1.165) is 50.2 Å². The van der Waals surface area contributed by atoms with Crippen LogP contribution in [0.3, 0.4) is 0 Å². The number of hydrogen-bond donors (Lipinski definition) is 1. The summed E-state index contributed by atoms with van der Waals surface area (Å²) in [5, 5.41) is 2.89. The third kappa shape index (κ3) is 6.06. The maximum Gasteiger partial charge on any atom is 0.245 e. The Kier molecular flexibility index (Phi) is 8.34. The highest BCUT2D eigenvalue weighted by molar-refractivity contribution is 5.77. The van der Waals surface area contributed by atoms with Gasteiger partial charge in [0.25, 0.3) is 0 Å². The number of benzene rings is 1. The van der Waals surface area contributed by atoms with Crippen molar-refractivity contribution in [3.8, 4) is 0 Å². The van der Waals surface area contributed by atoms with Crippen molar-refractivity contribution in [2.24, 2.45) is 5.92 Å². The smallest absolute Gasteiger partial charge is 0.245 e. The molecule has 1 heterocycles. The van der Waals surface area contributed by atoms with Crippen molar-refractivity contribution < 1.29 is 9.53 Å². The number of aryl methyl sites for hydroxylation is 2. The molecule has 1 aliphatic rings. The van der Waals surface area contributed by atoms with E-state index in [1.165, 1.54) is 49.9 Å². The number of unbranched alkanes of at least 4 members (excludes halogenated alkanes) is 2. The molecule has 1 aromatic carbocycles. The minimum absolute atomic E-state index is 0.0352. The zero-order chi connectivity index (χ0) is 19.6. The van der Waals surface area contributed by atoms with E-state index in [-0.39, 0.29) is 12.5 Å². The van der Waals surface area contributed by atoms with E-state index in [9.17, 15) is 4.79 Å². The van der Waals surface area contributed by atoms with Crippen LogP contribution in [0.25, 0.3) is 11.0 Å². The van der Waals surface area contributed by atoms with Crippen molar-refractivity contribution in [1.29, 1.82) is 0 Å². The Bertz CT molecular complexity index is 735.